The lowest BCUT2D eigenvalue weighted by atomic mass is 10.1. The Labute approximate surface area is 109 Å². The summed E-state index contributed by atoms with van der Waals surface area (Å²) in [6, 6.07) is 3.31. The van der Waals surface area contributed by atoms with Crippen molar-refractivity contribution in [2.24, 2.45) is 5.11 Å². The van der Waals surface area contributed by atoms with Crippen molar-refractivity contribution in [3.05, 3.63) is 22.6 Å². The standard InChI is InChI=1S/C12H12N4O3/c13-15-14-8-5-10-11(19-7-18-10)6-9(8)16-4-2-1-3-12(16)17/h5-6H,1-4,7H2. The number of carbonyl (C=O) groups excluding carboxylic acids is 1. The number of hydrogen-bond acceptors (Lipinski definition) is 4. The first-order valence-corrected chi connectivity index (χ1v) is 6.09. The zero-order valence-corrected chi connectivity index (χ0v) is 10.2. The van der Waals surface area contributed by atoms with Gasteiger partial charge in [-0.3, -0.25) is 4.79 Å². The molecular formula is C12H12N4O3. The maximum atomic E-state index is 12.0. The molecule has 1 aromatic carbocycles. The van der Waals surface area contributed by atoms with Gasteiger partial charge >= 0.3 is 0 Å². The lowest BCUT2D eigenvalue weighted by Gasteiger charge is -2.28. The van der Waals surface area contributed by atoms with E-state index in [9.17, 15) is 4.79 Å². The van der Waals surface area contributed by atoms with Crippen molar-refractivity contribution in [2.45, 2.75) is 19.3 Å². The molecule has 1 fully saturated rings. The van der Waals surface area contributed by atoms with Crippen molar-refractivity contribution >= 4 is 17.3 Å². The first-order valence-electron chi connectivity index (χ1n) is 6.09. The molecule has 0 atom stereocenters. The highest BCUT2D eigenvalue weighted by Gasteiger charge is 2.25. The second-order valence-electron chi connectivity index (χ2n) is 4.39. The van der Waals surface area contributed by atoms with Crippen LogP contribution in [0.25, 0.3) is 10.4 Å². The summed E-state index contributed by atoms with van der Waals surface area (Å²) in [6.07, 6.45) is 2.36. The predicted molar refractivity (Wildman–Crippen MR) is 67.6 cm³/mol. The van der Waals surface area contributed by atoms with Crippen LogP contribution in [0.5, 0.6) is 11.5 Å². The van der Waals surface area contributed by atoms with Crippen molar-refractivity contribution in [3.8, 4) is 11.5 Å². The van der Waals surface area contributed by atoms with Crippen LogP contribution in [0.2, 0.25) is 0 Å². The van der Waals surface area contributed by atoms with Crippen LogP contribution in [0.1, 0.15) is 19.3 Å². The van der Waals surface area contributed by atoms with Crippen molar-refractivity contribution in [1.29, 1.82) is 0 Å². The fourth-order valence-electron chi connectivity index (χ4n) is 2.33. The van der Waals surface area contributed by atoms with Crippen LogP contribution in [-0.4, -0.2) is 19.2 Å². The molecule has 7 nitrogen and oxygen atoms in total. The molecule has 1 amide bonds. The van der Waals surface area contributed by atoms with E-state index in [4.69, 9.17) is 15.0 Å². The minimum Gasteiger partial charge on any atom is -0.454 e. The molecule has 0 N–H and O–H groups in total. The van der Waals surface area contributed by atoms with Gasteiger partial charge in [0.15, 0.2) is 11.5 Å². The van der Waals surface area contributed by atoms with Crippen molar-refractivity contribution in [2.75, 3.05) is 18.2 Å². The van der Waals surface area contributed by atoms with Crippen LogP contribution in [-0.2, 0) is 4.79 Å². The zero-order valence-electron chi connectivity index (χ0n) is 10.2. The second kappa shape index (κ2) is 4.70. The highest BCUT2D eigenvalue weighted by Crippen LogP contribution is 2.43. The van der Waals surface area contributed by atoms with E-state index >= 15 is 0 Å². The van der Waals surface area contributed by atoms with Gasteiger partial charge in [0.1, 0.15) is 0 Å². The number of anilines is 1. The van der Waals surface area contributed by atoms with E-state index in [0.29, 0.717) is 35.8 Å². The number of amides is 1. The predicted octanol–water partition coefficient (Wildman–Crippen LogP) is 2.87. The molecular weight excluding hydrogens is 248 g/mol. The van der Waals surface area contributed by atoms with Gasteiger partial charge in [0.25, 0.3) is 0 Å². The van der Waals surface area contributed by atoms with Gasteiger partial charge in [0.2, 0.25) is 12.7 Å². The Morgan fingerprint density at radius 1 is 1.26 bits per heavy atom. The molecule has 1 aromatic rings. The topological polar surface area (TPSA) is 87.5 Å². The summed E-state index contributed by atoms with van der Waals surface area (Å²) in [7, 11) is 0. The molecule has 0 bridgehead atoms. The van der Waals surface area contributed by atoms with Gasteiger partial charge in [0.05, 0.1) is 11.4 Å². The molecule has 0 aliphatic carbocycles. The van der Waals surface area contributed by atoms with Gasteiger partial charge in [-0.1, -0.05) is 5.11 Å². The molecule has 0 spiro atoms. The molecule has 2 aliphatic rings. The molecule has 7 heteroatoms. The number of ether oxygens (including phenoxy) is 2. The number of hydrogen-bond donors (Lipinski definition) is 0. The van der Waals surface area contributed by atoms with Crippen molar-refractivity contribution < 1.29 is 14.3 Å². The smallest absolute Gasteiger partial charge is 0.231 e. The van der Waals surface area contributed by atoms with Gasteiger partial charge < -0.3 is 14.4 Å². The Bertz CT molecular complexity index is 581. The third-order valence-corrected chi connectivity index (χ3v) is 3.24. The van der Waals surface area contributed by atoms with Gasteiger partial charge in [-0.05, 0) is 24.4 Å². The lowest BCUT2D eigenvalue weighted by Crippen LogP contribution is -2.35. The summed E-state index contributed by atoms with van der Waals surface area (Å²) < 4.78 is 10.5. The summed E-state index contributed by atoms with van der Waals surface area (Å²) in [6.45, 7) is 0.773. The summed E-state index contributed by atoms with van der Waals surface area (Å²) >= 11 is 0. The molecule has 2 aliphatic heterocycles. The van der Waals surface area contributed by atoms with Gasteiger partial charge in [-0.25, -0.2) is 0 Å². The van der Waals surface area contributed by atoms with Crippen LogP contribution in [0.3, 0.4) is 0 Å². The van der Waals surface area contributed by atoms with E-state index in [1.807, 2.05) is 0 Å². The number of carbonyl (C=O) groups is 1. The van der Waals surface area contributed by atoms with Crippen LogP contribution >= 0.6 is 0 Å². The van der Waals surface area contributed by atoms with Crippen molar-refractivity contribution in [3.63, 3.8) is 0 Å². The van der Waals surface area contributed by atoms with E-state index in [1.165, 1.54) is 0 Å². The Kier molecular flexibility index (Phi) is 2.89. The van der Waals surface area contributed by atoms with Gasteiger partial charge in [-0.2, -0.15) is 0 Å². The summed E-state index contributed by atoms with van der Waals surface area (Å²) in [5, 5.41) is 3.64. The number of benzene rings is 1. The monoisotopic (exact) mass is 260 g/mol. The van der Waals surface area contributed by atoms with E-state index in [2.05, 4.69) is 10.0 Å². The summed E-state index contributed by atoms with van der Waals surface area (Å²) in [4.78, 5) is 16.4. The number of azide groups is 1. The van der Waals surface area contributed by atoms with Crippen LogP contribution < -0.4 is 14.4 Å². The lowest BCUT2D eigenvalue weighted by molar-refractivity contribution is -0.119. The summed E-state index contributed by atoms with van der Waals surface area (Å²) in [5.74, 6) is 1.15. The zero-order chi connectivity index (χ0) is 13.2. The van der Waals surface area contributed by atoms with E-state index in [1.54, 1.807) is 17.0 Å². The molecule has 0 saturated carbocycles. The quantitative estimate of drug-likeness (QED) is 0.465. The molecule has 0 radical (unpaired) electrons. The second-order valence-corrected chi connectivity index (χ2v) is 4.39. The number of fused-ring (bicyclic) bond motifs is 1. The van der Waals surface area contributed by atoms with Gasteiger partial charge in [-0.15, -0.1) is 0 Å². The molecule has 1 saturated heterocycles. The third kappa shape index (κ3) is 2.04. The molecule has 3 rings (SSSR count). The fraction of sp³-hybridized carbons (Fsp3) is 0.417. The Morgan fingerprint density at radius 2 is 2.05 bits per heavy atom. The molecule has 2 heterocycles. The Morgan fingerprint density at radius 3 is 2.79 bits per heavy atom. The average Bonchev–Trinajstić information content (AvgIpc) is 2.86. The average molecular weight is 260 g/mol. The van der Waals surface area contributed by atoms with Crippen LogP contribution in [0.4, 0.5) is 11.4 Å². The normalized spacial score (nSPS) is 17.3. The fourth-order valence-corrected chi connectivity index (χ4v) is 2.33. The van der Waals surface area contributed by atoms with E-state index in [0.717, 1.165) is 12.8 Å². The first-order chi connectivity index (χ1) is 9.29. The number of piperidine rings is 1. The molecule has 0 unspecified atom stereocenters. The van der Waals surface area contributed by atoms with E-state index in [-0.39, 0.29) is 12.7 Å². The van der Waals surface area contributed by atoms with Crippen LogP contribution in [0.15, 0.2) is 17.2 Å². The summed E-state index contributed by atoms with van der Waals surface area (Å²) in [5.41, 5.74) is 9.62. The first kappa shape index (κ1) is 11.7. The highest BCUT2D eigenvalue weighted by molar-refractivity contribution is 5.97. The largest absolute Gasteiger partial charge is 0.454 e. The van der Waals surface area contributed by atoms with Gasteiger partial charge in [0, 0.05) is 23.9 Å². The highest BCUT2D eigenvalue weighted by atomic mass is 16.7. The van der Waals surface area contributed by atoms with E-state index < -0.39 is 0 Å². The number of nitrogens with zero attached hydrogens (tertiary/aromatic N) is 4. The van der Waals surface area contributed by atoms with Crippen LogP contribution in [0, 0.1) is 0 Å². The minimum absolute atomic E-state index is 0.0412. The minimum atomic E-state index is 0.0412. The Balaban J connectivity index is 2.07. The maximum absolute atomic E-state index is 12.0. The van der Waals surface area contributed by atoms with Crippen molar-refractivity contribution in [1.82, 2.24) is 0 Å². The SMILES string of the molecule is [N-]=[N+]=Nc1cc2c(cc1N1CCCCC1=O)OCO2. The third-order valence-electron chi connectivity index (χ3n) is 3.24. The maximum Gasteiger partial charge on any atom is 0.231 e. The number of rotatable bonds is 2. The molecule has 98 valence electrons. The Hall–Kier alpha value is -2.40. The molecule has 19 heavy (non-hydrogen) atoms. The molecule has 0 aromatic heterocycles.